The van der Waals surface area contributed by atoms with Crippen molar-refractivity contribution in [2.75, 3.05) is 6.54 Å². The molecular formula is C14H19ClN4S. The predicted molar refractivity (Wildman–Crippen MR) is 87.9 cm³/mol. The first-order valence-corrected chi connectivity index (χ1v) is 7.51. The Morgan fingerprint density at radius 3 is 3.15 bits per heavy atom. The van der Waals surface area contributed by atoms with Gasteiger partial charge in [0.05, 0.1) is 0 Å². The topological polar surface area (TPSA) is 53.6 Å². The summed E-state index contributed by atoms with van der Waals surface area (Å²) in [6.45, 7) is 1.95. The van der Waals surface area contributed by atoms with E-state index in [1.54, 1.807) is 0 Å². The molecule has 1 saturated heterocycles. The first-order valence-electron chi connectivity index (χ1n) is 6.72. The van der Waals surface area contributed by atoms with Crippen molar-refractivity contribution < 1.29 is 0 Å². The quantitative estimate of drug-likeness (QED) is 0.510. The minimum absolute atomic E-state index is 0.193. The van der Waals surface area contributed by atoms with Crippen LogP contribution in [0.4, 0.5) is 0 Å². The second kappa shape index (κ2) is 7.57. The summed E-state index contributed by atoms with van der Waals surface area (Å²) in [7, 11) is 0. The smallest absolute Gasteiger partial charge is 0.184 e. The molecule has 0 aromatic heterocycles. The number of thiocarbonyl (C=S) groups is 1. The van der Waals surface area contributed by atoms with Gasteiger partial charge in [-0.15, -0.1) is 0 Å². The molecule has 0 saturated carbocycles. The summed E-state index contributed by atoms with van der Waals surface area (Å²) in [6, 6.07) is 8.30. The van der Waals surface area contributed by atoms with Crippen molar-refractivity contribution in [1.82, 2.24) is 10.3 Å². The molecule has 1 atom stereocenters. The number of benzene rings is 1. The van der Waals surface area contributed by atoms with Gasteiger partial charge < -0.3 is 5.73 Å². The maximum atomic E-state index is 6.03. The van der Waals surface area contributed by atoms with Gasteiger partial charge in [0.2, 0.25) is 0 Å². The van der Waals surface area contributed by atoms with Crippen molar-refractivity contribution in [3.8, 4) is 0 Å². The fourth-order valence-electron chi connectivity index (χ4n) is 2.44. The molecule has 2 rings (SSSR count). The summed E-state index contributed by atoms with van der Waals surface area (Å²) in [5.41, 5.74) is 9.20. The molecule has 1 unspecified atom stereocenters. The molecular weight excluding hydrogens is 292 g/mol. The number of hydrogen-bond acceptors (Lipinski definition) is 3. The van der Waals surface area contributed by atoms with Crippen molar-refractivity contribution in [2.45, 2.75) is 31.8 Å². The van der Waals surface area contributed by atoms with Crippen LogP contribution < -0.4 is 11.2 Å². The lowest BCUT2D eigenvalue weighted by atomic mass is 10.0. The van der Waals surface area contributed by atoms with Crippen LogP contribution in [-0.2, 0) is 6.54 Å². The highest BCUT2D eigenvalue weighted by Gasteiger charge is 2.20. The molecule has 1 aliphatic rings. The van der Waals surface area contributed by atoms with E-state index in [9.17, 15) is 0 Å². The molecule has 1 heterocycles. The molecule has 0 spiro atoms. The van der Waals surface area contributed by atoms with E-state index in [0.29, 0.717) is 6.04 Å². The highest BCUT2D eigenvalue weighted by atomic mass is 35.5. The molecule has 20 heavy (non-hydrogen) atoms. The molecule has 0 aliphatic carbocycles. The van der Waals surface area contributed by atoms with Crippen LogP contribution >= 0.6 is 23.8 Å². The van der Waals surface area contributed by atoms with Crippen molar-refractivity contribution in [2.24, 2.45) is 10.8 Å². The molecule has 1 aromatic rings. The van der Waals surface area contributed by atoms with E-state index in [1.165, 1.54) is 18.4 Å². The molecule has 0 bridgehead atoms. The van der Waals surface area contributed by atoms with Gasteiger partial charge in [-0.2, -0.15) is 5.10 Å². The molecule has 0 amide bonds. The number of hydrogen-bond donors (Lipinski definition) is 2. The molecule has 0 radical (unpaired) electrons. The van der Waals surface area contributed by atoms with Crippen LogP contribution in [0.25, 0.3) is 0 Å². The Morgan fingerprint density at radius 1 is 1.55 bits per heavy atom. The van der Waals surface area contributed by atoms with Crippen LogP contribution in [0, 0.1) is 0 Å². The molecule has 1 fully saturated rings. The highest BCUT2D eigenvalue weighted by molar-refractivity contribution is 7.80. The lowest BCUT2D eigenvalue weighted by Crippen LogP contribution is -2.40. The van der Waals surface area contributed by atoms with Crippen LogP contribution in [-0.4, -0.2) is 28.8 Å². The van der Waals surface area contributed by atoms with E-state index < -0.39 is 0 Å². The Morgan fingerprint density at radius 2 is 2.40 bits per heavy atom. The van der Waals surface area contributed by atoms with Crippen molar-refractivity contribution in [3.05, 3.63) is 34.9 Å². The Kier molecular flexibility index (Phi) is 5.76. The zero-order chi connectivity index (χ0) is 14.4. The fourth-order valence-corrected chi connectivity index (χ4v) is 2.70. The molecule has 108 valence electrons. The lowest BCUT2D eigenvalue weighted by Gasteiger charge is -2.33. The first-order chi connectivity index (χ1) is 9.65. The van der Waals surface area contributed by atoms with Gasteiger partial charge in [-0.25, -0.2) is 0 Å². The Labute approximate surface area is 130 Å². The summed E-state index contributed by atoms with van der Waals surface area (Å²) in [5.74, 6) is 0. The van der Waals surface area contributed by atoms with Gasteiger partial charge in [-0.3, -0.25) is 10.3 Å². The molecule has 3 N–H and O–H groups in total. The number of nitrogens with zero attached hydrogens (tertiary/aromatic N) is 2. The second-order valence-corrected chi connectivity index (χ2v) is 5.79. The van der Waals surface area contributed by atoms with E-state index >= 15 is 0 Å². The third-order valence-electron chi connectivity index (χ3n) is 3.36. The van der Waals surface area contributed by atoms with E-state index in [0.717, 1.165) is 24.5 Å². The number of halogens is 1. The maximum absolute atomic E-state index is 6.03. The summed E-state index contributed by atoms with van der Waals surface area (Å²) in [4.78, 5) is 2.40. The van der Waals surface area contributed by atoms with Gasteiger partial charge in [0.1, 0.15) is 0 Å². The maximum Gasteiger partial charge on any atom is 0.184 e. The second-order valence-electron chi connectivity index (χ2n) is 4.92. The molecule has 1 aliphatic heterocycles. The molecule has 6 heteroatoms. The van der Waals surface area contributed by atoms with Crippen LogP contribution in [0.1, 0.15) is 24.8 Å². The standard InChI is InChI=1S/C14H19ClN4S/c15-12-5-3-4-11(8-12)10-19-7-2-1-6-13(19)9-17-18-14(16)20/h3-5,8-9,13H,1-2,6-7,10H2,(H3,16,18,20). The average Bonchev–Trinajstić information content (AvgIpc) is 2.40. The van der Waals surface area contributed by atoms with Gasteiger partial charge in [-0.05, 0) is 49.3 Å². The van der Waals surface area contributed by atoms with Crippen LogP contribution in [0.3, 0.4) is 0 Å². The number of rotatable bonds is 4. The number of hydrazone groups is 1. The largest absolute Gasteiger partial charge is 0.375 e. The van der Waals surface area contributed by atoms with Crippen LogP contribution in [0.15, 0.2) is 29.4 Å². The number of likely N-dealkylation sites (tertiary alicyclic amines) is 1. The van der Waals surface area contributed by atoms with Crippen molar-refractivity contribution in [1.29, 1.82) is 0 Å². The van der Waals surface area contributed by atoms with Crippen LogP contribution in [0.5, 0.6) is 0 Å². The first kappa shape index (κ1) is 15.2. The number of piperidine rings is 1. The lowest BCUT2D eigenvalue weighted by molar-refractivity contribution is 0.186. The van der Waals surface area contributed by atoms with E-state index in [1.807, 2.05) is 24.4 Å². The average molecular weight is 311 g/mol. The van der Waals surface area contributed by atoms with Crippen molar-refractivity contribution in [3.63, 3.8) is 0 Å². The minimum Gasteiger partial charge on any atom is -0.375 e. The summed E-state index contributed by atoms with van der Waals surface area (Å²) < 4.78 is 0. The summed E-state index contributed by atoms with van der Waals surface area (Å²) in [6.07, 6.45) is 5.43. The normalized spacial score (nSPS) is 20.1. The Bertz CT molecular complexity index is 492. The number of nitrogens with two attached hydrogens (primary N) is 1. The Hall–Kier alpha value is -1.17. The van der Waals surface area contributed by atoms with Gasteiger partial charge in [-0.1, -0.05) is 30.2 Å². The minimum atomic E-state index is 0.193. The van der Waals surface area contributed by atoms with E-state index in [2.05, 4.69) is 21.5 Å². The van der Waals surface area contributed by atoms with Crippen molar-refractivity contribution >= 4 is 35.1 Å². The van der Waals surface area contributed by atoms with Gasteiger partial charge in [0.25, 0.3) is 0 Å². The van der Waals surface area contributed by atoms with Crippen LogP contribution in [0.2, 0.25) is 5.02 Å². The molecule has 1 aromatic carbocycles. The Balaban J connectivity index is 1.99. The van der Waals surface area contributed by atoms with Gasteiger partial charge >= 0.3 is 0 Å². The highest BCUT2D eigenvalue weighted by Crippen LogP contribution is 2.20. The monoisotopic (exact) mass is 310 g/mol. The summed E-state index contributed by atoms with van der Waals surface area (Å²) >= 11 is 10.8. The van der Waals surface area contributed by atoms with E-state index in [4.69, 9.17) is 29.6 Å². The molecule has 4 nitrogen and oxygen atoms in total. The zero-order valence-corrected chi connectivity index (χ0v) is 12.8. The summed E-state index contributed by atoms with van der Waals surface area (Å²) in [5, 5.41) is 5.07. The fraction of sp³-hybridized carbons (Fsp3) is 0.429. The predicted octanol–water partition coefficient (Wildman–Crippen LogP) is 2.51. The number of nitrogens with one attached hydrogen (secondary N) is 1. The third kappa shape index (κ3) is 4.74. The van der Waals surface area contributed by atoms with E-state index in [-0.39, 0.29) is 5.11 Å². The SMILES string of the molecule is NC(=S)NN=CC1CCCCN1Cc1cccc(Cl)c1. The van der Waals surface area contributed by atoms with Gasteiger partial charge in [0, 0.05) is 23.8 Å². The zero-order valence-electron chi connectivity index (χ0n) is 11.3. The van der Waals surface area contributed by atoms with Gasteiger partial charge in [0.15, 0.2) is 5.11 Å². The third-order valence-corrected chi connectivity index (χ3v) is 3.69.